The highest BCUT2D eigenvalue weighted by Crippen LogP contribution is 2.22. The Hall–Kier alpha value is -1.10. The summed E-state index contributed by atoms with van der Waals surface area (Å²) in [5.41, 5.74) is -0.250. The number of aliphatic carboxylic acids is 1. The molecule has 2 atom stereocenters. The number of rotatable bonds is 5. The SMILES string of the molecule is CCC(C)N1CC(C)(C)NC(=O)C1CCC(=O)O. The molecule has 1 fully saturated rings. The van der Waals surface area contributed by atoms with Gasteiger partial charge in [0, 0.05) is 24.5 Å². The maximum atomic E-state index is 12.1. The Kier molecular flexibility index (Phi) is 4.73. The van der Waals surface area contributed by atoms with Crippen LogP contribution in [0.4, 0.5) is 0 Å². The normalized spacial score (nSPS) is 25.6. The minimum Gasteiger partial charge on any atom is -0.481 e. The zero-order valence-corrected chi connectivity index (χ0v) is 11.7. The molecule has 1 aliphatic rings. The van der Waals surface area contributed by atoms with E-state index < -0.39 is 5.97 Å². The molecule has 5 nitrogen and oxygen atoms in total. The standard InChI is InChI=1S/C13H24N2O3/c1-5-9(2)15-8-13(3,4)14-12(18)10(15)6-7-11(16)17/h9-10H,5-8H2,1-4H3,(H,14,18)(H,16,17). The molecule has 0 aromatic heterocycles. The number of hydrogen-bond donors (Lipinski definition) is 2. The second-order valence-electron chi connectivity index (χ2n) is 5.75. The molecule has 2 N–H and O–H groups in total. The molecule has 1 saturated heterocycles. The minimum absolute atomic E-state index is 0.0332. The van der Waals surface area contributed by atoms with Gasteiger partial charge in [-0.25, -0.2) is 0 Å². The van der Waals surface area contributed by atoms with Crippen molar-refractivity contribution in [2.75, 3.05) is 6.54 Å². The summed E-state index contributed by atoms with van der Waals surface area (Å²) in [4.78, 5) is 24.9. The van der Waals surface area contributed by atoms with Crippen molar-refractivity contribution in [1.29, 1.82) is 0 Å². The van der Waals surface area contributed by atoms with Gasteiger partial charge in [0.05, 0.1) is 6.04 Å². The van der Waals surface area contributed by atoms with Crippen molar-refractivity contribution < 1.29 is 14.7 Å². The van der Waals surface area contributed by atoms with Crippen LogP contribution in [0.5, 0.6) is 0 Å². The van der Waals surface area contributed by atoms with Gasteiger partial charge in [-0.1, -0.05) is 6.92 Å². The van der Waals surface area contributed by atoms with Crippen molar-refractivity contribution in [3.05, 3.63) is 0 Å². The molecule has 18 heavy (non-hydrogen) atoms. The number of carboxylic acid groups (broad SMARTS) is 1. The number of amides is 1. The highest BCUT2D eigenvalue weighted by Gasteiger charge is 2.39. The lowest BCUT2D eigenvalue weighted by Crippen LogP contribution is -2.66. The Morgan fingerprint density at radius 2 is 2.22 bits per heavy atom. The van der Waals surface area contributed by atoms with E-state index in [0.717, 1.165) is 13.0 Å². The first kappa shape index (κ1) is 15.0. The largest absolute Gasteiger partial charge is 0.481 e. The summed E-state index contributed by atoms with van der Waals surface area (Å²) in [5, 5.41) is 11.7. The number of piperazine rings is 1. The molecule has 1 heterocycles. The van der Waals surface area contributed by atoms with Crippen LogP contribution >= 0.6 is 0 Å². The highest BCUT2D eigenvalue weighted by molar-refractivity contribution is 5.84. The molecule has 0 aromatic carbocycles. The van der Waals surface area contributed by atoms with E-state index in [1.165, 1.54) is 0 Å². The molecule has 0 bridgehead atoms. The van der Waals surface area contributed by atoms with Crippen LogP contribution in [0.25, 0.3) is 0 Å². The van der Waals surface area contributed by atoms with E-state index in [1.807, 2.05) is 13.8 Å². The molecule has 104 valence electrons. The topological polar surface area (TPSA) is 69.6 Å². The van der Waals surface area contributed by atoms with E-state index in [-0.39, 0.29) is 30.0 Å². The van der Waals surface area contributed by atoms with Crippen molar-refractivity contribution in [2.45, 2.75) is 64.6 Å². The van der Waals surface area contributed by atoms with Gasteiger partial charge in [0.1, 0.15) is 0 Å². The molecule has 0 aliphatic carbocycles. The van der Waals surface area contributed by atoms with Gasteiger partial charge in [0.2, 0.25) is 5.91 Å². The van der Waals surface area contributed by atoms with Gasteiger partial charge >= 0.3 is 5.97 Å². The van der Waals surface area contributed by atoms with Crippen molar-refractivity contribution in [3.63, 3.8) is 0 Å². The van der Waals surface area contributed by atoms with Gasteiger partial charge in [-0.15, -0.1) is 0 Å². The van der Waals surface area contributed by atoms with E-state index in [2.05, 4.69) is 24.1 Å². The number of carbonyl (C=O) groups excluding carboxylic acids is 1. The van der Waals surface area contributed by atoms with Gasteiger partial charge in [-0.05, 0) is 33.6 Å². The Bertz CT molecular complexity index is 328. The van der Waals surface area contributed by atoms with Gasteiger partial charge in [-0.2, -0.15) is 0 Å². The maximum Gasteiger partial charge on any atom is 0.303 e. The molecule has 0 aromatic rings. The van der Waals surface area contributed by atoms with E-state index >= 15 is 0 Å². The number of carboxylic acids is 1. The number of hydrogen-bond acceptors (Lipinski definition) is 3. The summed E-state index contributed by atoms with van der Waals surface area (Å²) in [5.74, 6) is -0.899. The predicted octanol–water partition coefficient (Wildman–Crippen LogP) is 1.23. The van der Waals surface area contributed by atoms with E-state index in [4.69, 9.17) is 5.11 Å². The third-order valence-electron chi connectivity index (χ3n) is 3.53. The Labute approximate surface area is 109 Å². The number of nitrogens with one attached hydrogen (secondary N) is 1. The molecule has 5 heteroatoms. The summed E-state index contributed by atoms with van der Waals surface area (Å²) >= 11 is 0. The van der Waals surface area contributed by atoms with Crippen molar-refractivity contribution in [3.8, 4) is 0 Å². The lowest BCUT2D eigenvalue weighted by Gasteiger charge is -2.46. The molecular weight excluding hydrogens is 232 g/mol. The lowest BCUT2D eigenvalue weighted by atomic mass is 9.94. The Balaban J connectivity index is 2.82. The van der Waals surface area contributed by atoms with Crippen LogP contribution < -0.4 is 5.32 Å². The van der Waals surface area contributed by atoms with E-state index in [1.54, 1.807) is 0 Å². The van der Waals surface area contributed by atoms with Gasteiger partial charge in [0.15, 0.2) is 0 Å². The summed E-state index contributed by atoms with van der Waals surface area (Å²) < 4.78 is 0. The molecular formula is C13H24N2O3. The monoisotopic (exact) mass is 256 g/mol. The van der Waals surface area contributed by atoms with Gasteiger partial charge < -0.3 is 10.4 Å². The second kappa shape index (κ2) is 5.69. The first-order chi connectivity index (χ1) is 8.26. The fourth-order valence-corrected chi connectivity index (χ4v) is 2.43. The Morgan fingerprint density at radius 3 is 2.72 bits per heavy atom. The van der Waals surface area contributed by atoms with E-state index in [0.29, 0.717) is 6.42 Å². The molecule has 1 rings (SSSR count). The zero-order valence-electron chi connectivity index (χ0n) is 11.7. The number of nitrogens with zero attached hydrogens (tertiary/aromatic N) is 1. The van der Waals surface area contributed by atoms with Crippen LogP contribution in [-0.4, -0.2) is 46.1 Å². The van der Waals surface area contributed by atoms with Crippen LogP contribution in [0, 0.1) is 0 Å². The second-order valence-corrected chi connectivity index (χ2v) is 5.75. The van der Waals surface area contributed by atoms with Gasteiger partial charge in [-0.3, -0.25) is 14.5 Å². The van der Waals surface area contributed by atoms with Crippen molar-refractivity contribution in [2.24, 2.45) is 0 Å². The third kappa shape index (κ3) is 3.70. The zero-order chi connectivity index (χ0) is 13.9. The van der Waals surface area contributed by atoms with Crippen molar-refractivity contribution >= 4 is 11.9 Å². The van der Waals surface area contributed by atoms with Crippen LogP contribution in [0.1, 0.15) is 47.0 Å². The quantitative estimate of drug-likeness (QED) is 0.776. The first-order valence-electron chi connectivity index (χ1n) is 6.56. The maximum absolute atomic E-state index is 12.1. The molecule has 1 amide bonds. The fourth-order valence-electron chi connectivity index (χ4n) is 2.43. The average molecular weight is 256 g/mol. The minimum atomic E-state index is -0.850. The van der Waals surface area contributed by atoms with E-state index in [9.17, 15) is 9.59 Å². The molecule has 1 aliphatic heterocycles. The summed E-state index contributed by atoms with van der Waals surface area (Å²) in [7, 11) is 0. The lowest BCUT2D eigenvalue weighted by molar-refractivity contribution is -0.139. The highest BCUT2D eigenvalue weighted by atomic mass is 16.4. The fraction of sp³-hybridized carbons (Fsp3) is 0.846. The predicted molar refractivity (Wildman–Crippen MR) is 69.3 cm³/mol. The molecule has 0 spiro atoms. The van der Waals surface area contributed by atoms with Crippen molar-refractivity contribution in [1.82, 2.24) is 10.2 Å². The molecule has 2 unspecified atom stereocenters. The molecule has 0 radical (unpaired) electrons. The smallest absolute Gasteiger partial charge is 0.303 e. The Morgan fingerprint density at radius 1 is 1.61 bits per heavy atom. The van der Waals surface area contributed by atoms with Gasteiger partial charge in [0.25, 0.3) is 0 Å². The van der Waals surface area contributed by atoms with Crippen LogP contribution in [0.15, 0.2) is 0 Å². The average Bonchev–Trinajstić information content (AvgIpc) is 2.24. The number of carbonyl (C=O) groups is 2. The van der Waals surface area contributed by atoms with Crippen LogP contribution in [0.3, 0.4) is 0 Å². The first-order valence-corrected chi connectivity index (χ1v) is 6.56. The summed E-state index contributed by atoms with van der Waals surface area (Å²) in [6.45, 7) is 8.92. The summed E-state index contributed by atoms with van der Waals surface area (Å²) in [6.07, 6.45) is 1.36. The molecule has 0 saturated carbocycles. The third-order valence-corrected chi connectivity index (χ3v) is 3.53. The van der Waals surface area contributed by atoms with Crippen LogP contribution in [-0.2, 0) is 9.59 Å². The van der Waals surface area contributed by atoms with Crippen LogP contribution in [0.2, 0.25) is 0 Å². The summed E-state index contributed by atoms with van der Waals surface area (Å²) in [6, 6.07) is -0.0294.